The molecule has 2 amide bonds. The molecule has 1 aliphatic carbocycles. The maximum atomic E-state index is 15.1. The molecular weight excluding hydrogens is 656 g/mol. The summed E-state index contributed by atoms with van der Waals surface area (Å²) < 4.78 is 90.7. The van der Waals surface area contributed by atoms with Gasteiger partial charge in [0.05, 0.1) is 16.8 Å². The third-order valence-corrected chi connectivity index (χ3v) is 8.99. The van der Waals surface area contributed by atoms with E-state index in [0.29, 0.717) is 40.3 Å². The van der Waals surface area contributed by atoms with Gasteiger partial charge in [-0.3, -0.25) is 19.2 Å². The SMILES string of the molecule is O=C1c2ccc(C(c3ccc4c(c3)C(=O)N(c3ccc(CCO)cc3)C4=O)(C(F)(F)F)C(F)(F)F)cc2C(=O)C1c1ccc(CCO)cc1. The minimum absolute atomic E-state index is 0.0201. The summed E-state index contributed by atoms with van der Waals surface area (Å²) >= 11 is 0. The number of carbonyl (C=O) groups is 4. The number of alkyl halides is 6. The Balaban J connectivity index is 1.45. The molecule has 0 fully saturated rings. The highest BCUT2D eigenvalue weighted by Crippen LogP contribution is 2.57. The number of aliphatic hydroxyl groups is 2. The normalized spacial score (nSPS) is 16.4. The minimum atomic E-state index is -6.09. The Morgan fingerprint density at radius 1 is 0.551 bits per heavy atom. The number of ketones is 2. The fraction of sp³-hybridized carbons (Fsp3) is 0.222. The molecule has 7 nitrogen and oxygen atoms in total. The molecule has 1 unspecified atom stereocenters. The lowest BCUT2D eigenvalue weighted by molar-refractivity contribution is -0.288. The van der Waals surface area contributed by atoms with Crippen LogP contribution in [0.1, 0.15) is 75.2 Å². The zero-order valence-electron chi connectivity index (χ0n) is 25.2. The number of Topliss-reactive ketones (excluding diaryl/α,β-unsaturated/α-hetero) is 2. The molecule has 1 heterocycles. The first-order valence-electron chi connectivity index (χ1n) is 14.9. The fourth-order valence-electron chi connectivity index (χ4n) is 6.57. The highest BCUT2D eigenvalue weighted by Gasteiger charge is 2.73. The predicted octanol–water partition coefficient (Wildman–Crippen LogP) is 6.13. The molecule has 252 valence electrons. The van der Waals surface area contributed by atoms with E-state index in [0.717, 1.165) is 12.1 Å². The van der Waals surface area contributed by atoms with Gasteiger partial charge in [-0.25, -0.2) is 4.90 Å². The molecule has 0 saturated carbocycles. The number of halogens is 6. The highest BCUT2D eigenvalue weighted by molar-refractivity contribution is 6.34. The second kappa shape index (κ2) is 12.1. The van der Waals surface area contributed by atoms with E-state index < -0.39 is 74.9 Å². The van der Waals surface area contributed by atoms with Crippen molar-refractivity contribution in [2.24, 2.45) is 0 Å². The summed E-state index contributed by atoms with van der Waals surface area (Å²) in [7, 11) is 0. The largest absolute Gasteiger partial charge is 0.411 e. The Morgan fingerprint density at radius 3 is 1.51 bits per heavy atom. The lowest BCUT2D eigenvalue weighted by atomic mass is 9.71. The third-order valence-electron chi connectivity index (χ3n) is 8.99. The molecule has 0 spiro atoms. The van der Waals surface area contributed by atoms with Crippen LogP contribution in [-0.2, 0) is 18.3 Å². The molecule has 2 N–H and O–H groups in total. The number of hydrogen-bond donors (Lipinski definition) is 2. The van der Waals surface area contributed by atoms with Crippen molar-refractivity contribution in [3.63, 3.8) is 0 Å². The molecule has 4 aromatic rings. The molecule has 4 aromatic carbocycles. The molecule has 6 rings (SSSR count). The van der Waals surface area contributed by atoms with Crippen molar-refractivity contribution in [2.45, 2.75) is 36.5 Å². The summed E-state index contributed by atoms with van der Waals surface area (Å²) in [5.41, 5.74) is -8.11. The van der Waals surface area contributed by atoms with Gasteiger partial charge in [-0.1, -0.05) is 54.6 Å². The molecule has 49 heavy (non-hydrogen) atoms. The first-order chi connectivity index (χ1) is 23.1. The monoisotopic (exact) mass is 681 g/mol. The number of carbonyl (C=O) groups excluding carboxylic acids is 4. The van der Waals surface area contributed by atoms with Gasteiger partial charge in [0.1, 0.15) is 5.92 Å². The number of fused-ring (bicyclic) bond motifs is 2. The zero-order valence-corrected chi connectivity index (χ0v) is 25.2. The number of benzene rings is 4. The van der Waals surface area contributed by atoms with Crippen molar-refractivity contribution >= 4 is 29.1 Å². The Morgan fingerprint density at radius 2 is 1.00 bits per heavy atom. The number of anilines is 1. The van der Waals surface area contributed by atoms with E-state index >= 15 is 26.3 Å². The predicted molar refractivity (Wildman–Crippen MR) is 163 cm³/mol. The quantitative estimate of drug-likeness (QED) is 0.132. The van der Waals surface area contributed by atoms with Crippen molar-refractivity contribution in [1.29, 1.82) is 0 Å². The minimum Gasteiger partial charge on any atom is -0.396 e. The van der Waals surface area contributed by atoms with Crippen molar-refractivity contribution in [3.05, 3.63) is 135 Å². The van der Waals surface area contributed by atoms with E-state index in [1.165, 1.54) is 36.4 Å². The van der Waals surface area contributed by atoms with Gasteiger partial charge in [0.15, 0.2) is 11.6 Å². The number of imide groups is 1. The Labute approximate surface area is 274 Å². The van der Waals surface area contributed by atoms with Crippen LogP contribution in [0.15, 0.2) is 84.9 Å². The van der Waals surface area contributed by atoms with Crippen LogP contribution < -0.4 is 4.90 Å². The number of hydrogen-bond acceptors (Lipinski definition) is 6. The van der Waals surface area contributed by atoms with Gasteiger partial charge in [0, 0.05) is 24.3 Å². The highest BCUT2D eigenvalue weighted by atomic mass is 19.4. The van der Waals surface area contributed by atoms with E-state index in [4.69, 9.17) is 10.2 Å². The topological polar surface area (TPSA) is 112 Å². The van der Waals surface area contributed by atoms with Crippen molar-refractivity contribution < 1.29 is 55.7 Å². The summed E-state index contributed by atoms with van der Waals surface area (Å²) in [4.78, 5) is 53.9. The van der Waals surface area contributed by atoms with Crippen LogP contribution in [-0.4, -0.2) is 59.2 Å². The maximum absolute atomic E-state index is 15.1. The second-order valence-corrected chi connectivity index (χ2v) is 11.7. The van der Waals surface area contributed by atoms with E-state index in [2.05, 4.69) is 0 Å². The first kappa shape index (κ1) is 33.7. The van der Waals surface area contributed by atoms with Crippen LogP contribution in [0.4, 0.5) is 32.0 Å². The number of aliphatic hydroxyl groups excluding tert-OH is 2. The first-order valence-corrected chi connectivity index (χ1v) is 14.9. The van der Waals surface area contributed by atoms with Gasteiger partial charge in [-0.15, -0.1) is 0 Å². The van der Waals surface area contributed by atoms with Crippen LogP contribution in [0, 0.1) is 0 Å². The fourth-order valence-corrected chi connectivity index (χ4v) is 6.57. The van der Waals surface area contributed by atoms with Gasteiger partial charge in [-0.2, -0.15) is 26.3 Å². The van der Waals surface area contributed by atoms with Gasteiger partial charge >= 0.3 is 12.4 Å². The van der Waals surface area contributed by atoms with Crippen molar-refractivity contribution in [1.82, 2.24) is 0 Å². The van der Waals surface area contributed by atoms with Crippen LogP contribution >= 0.6 is 0 Å². The van der Waals surface area contributed by atoms with Crippen LogP contribution in [0.3, 0.4) is 0 Å². The standard InChI is InChI=1S/C36H25F6NO6/c37-35(38,39)34(36(40,41)42,22-7-11-25-27(17-22)31(47)29(30(25)46)21-5-1-19(2-6-21)13-15-44)23-8-12-26-28(18-23)33(49)43(32(26)48)24-9-3-20(4-10-24)14-16-45/h1-12,17-18,29,44-45H,13-16H2. The second-order valence-electron chi connectivity index (χ2n) is 11.7. The molecule has 1 aliphatic heterocycles. The summed E-state index contributed by atoms with van der Waals surface area (Å²) in [6, 6.07) is 15.0. The lowest BCUT2D eigenvalue weighted by Gasteiger charge is -2.38. The van der Waals surface area contributed by atoms with E-state index in [1.807, 2.05) is 0 Å². The maximum Gasteiger partial charge on any atom is 0.411 e. The molecule has 0 bridgehead atoms. The average molecular weight is 682 g/mol. The van der Waals surface area contributed by atoms with Crippen LogP contribution in [0.5, 0.6) is 0 Å². The molecule has 0 saturated heterocycles. The summed E-state index contributed by atoms with van der Waals surface area (Å²) in [6.07, 6.45) is -11.6. The Kier molecular flexibility index (Phi) is 8.32. The van der Waals surface area contributed by atoms with Crippen LogP contribution in [0.25, 0.3) is 0 Å². The molecule has 0 radical (unpaired) electrons. The smallest absolute Gasteiger partial charge is 0.396 e. The molecule has 13 heteroatoms. The number of amides is 2. The third kappa shape index (κ3) is 5.24. The van der Waals surface area contributed by atoms with Gasteiger partial charge in [-0.05, 0) is 71.0 Å². The molecule has 1 atom stereocenters. The van der Waals surface area contributed by atoms with Gasteiger partial charge in [0.25, 0.3) is 11.8 Å². The summed E-state index contributed by atoms with van der Waals surface area (Å²) in [5, 5.41) is 18.3. The molecule has 0 aromatic heterocycles. The summed E-state index contributed by atoms with van der Waals surface area (Å²) in [6.45, 7) is -0.341. The van der Waals surface area contributed by atoms with Crippen molar-refractivity contribution in [2.75, 3.05) is 18.1 Å². The van der Waals surface area contributed by atoms with Crippen molar-refractivity contribution in [3.8, 4) is 0 Å². The number of nitrogens with zero attached hydrogens (tertiary/aromatic N) is 1. The zero-order chi connectivity index (χ0) is 35.5. The molecule has 2 aliphatic rings. The summed E-state index contributed by atoms with van der Waals surface area (Å²) in [5.74, 6) is -5.37. The lowest BCUT2D eigenvalue weighted by Crippen LogP contribution is -2.55. The Bertz CT molecular complexity index is 1860. The van der Waals surface area contributed by atoms with Crippen LogP contribution in [0.2, 0.25) is 0 Å². The Hall–Kier alpha value is -5.14. The number of rotatable bonds is 8. The van der Waals surface area contributed by atoms with Gasteiger partial charge in [0.2, 0.25) is 5.41 Å². The van der Waals surface area contributed by atoms with E-state index in [1.54, 1.807) is 12.1 Å². The average Bonchev–Trinajstić information content (AvgIpc) is 3.44. The molecular formula is C36H25F6NO6. The van der Waals surface area contributed by atoms with E-state index in [-0.39, 0.29) is 42.9 Å². The van der Waals surface area contributed by atoms with Gasteiger partial charge < -0.3 is 10.2 Å². The van der Waals surface area contributed by atoms with E-state index in [9.17, 15) is 19.2 Å².